The molecule has 6 heteroatoms. The SMILES string of the molecule is CC(C)c1cc(C(=O)N(C)Cc2ccco2)c2cnn(C(C)C)c2n1. The molecule has 6 nitrogen and oxygen atoms in total. The van der Waals surface area contributed by atoms with Crippen molar-refractivity contribution in [2.24, 2.45) is 0 Å². The number of fused-ring (bicyclic) bond motifs is 1. The number of furan rings is 1. The zero-order chi connectivity index (χ0) is 18.1. The van der Waals surface area contributed by atoms with Crippen molar-refractivity contribution in [3.05, 3.63) is 47.7 Å². The third-order valence-electron chi connectivity index (χ3n) is 4.22. The van der Waals surface area contributed by atoms with E-state index >= 15 is 0 Å². The number of rotatable bonds is 5. The van der Waals surface area contributed by atoms with E-state index in [4.69, 9.17) is 9.40 Å². The smallest absolute Gasteiger partial charge is 0.254 e. The molecule has 0 atom stereocenters. The zero-order valence-electron chi connectivity index (χ0n) is 15.4. The van der Waals surface area contributed by atoms with Crippen molar-refractivity contribution in [2.75, 3.05) is 7.05 Å². The summed E-state index contributed by atoms with van der Waals surface area (Å²) in [7, 11) is 1.78. The third-order valence-corrected chi connectivity index (χ3v) is 4.22. The molecule has 0 aliphatic carbocycles. The van der Waals surface area contributed by atoms with Crippen LogP contribution in [0.4, 0.5) is 0 Å². The average Bonchev–Trinajstić information content (AvgIpc) is 3.21. The molecule has 132 valence electrons. The highest BCUT2D eigenvalue weighted by Crippen LogP contribution is 2.25. The van der Waals surface area contributed by atoms with E-state index in [9.17, 15) is 4.79 Å². The highest BCUT2D eigenvalue weighted by Gasteiger charge is 2.21. The van der Waals surface area contributed by atoms with Crippen molar-refractivity contribution in [1.82, 2.24) is 19.7 Å². The van der Waals surface area contributed by atoms with Crippen LogP contribution in [0.25, 0.3) is 11.0 Å². The summed E-state index contributed by atoms with van der Waals surface area (Å²) in [6.45, 7) is 8.68. The molecule has 0 saturated carbocycles. The zero-order valence-corrected chi connectivity index (χ0v) is 15.4. The molecule has 0 radical (unpaired) electrons. The van der Waals surface area contributed by atoms with Crippen LogP contribution in [0.15, 0.2) is 35.1 Å². The lowest BCUT2D eigenvalue weighted by atomic mass is 10.0. The van der Waals surface area contributed by atoms with Gasteiger partial charge in [0.15, 0.2) is 5.65 Å². The van der Waals surface area contributed by atoms with Crippen LogP contribution in [0.5, 0.6) is 0 Å². The Balaban J connectivity index is 2.06. The van der Waals surface area contributed by atoms with Crippen LogP contribution in [-0.4, -0.2) is 32.6 Å². The van der Waals surface area contributed by atoms with E-state index in [2.05, 4.69) is 32.8 Å². The first-order valence-corrected chi connectivity index (χ1v) is 8.54. The van der Waals surface area contributed by atoms with Crippen LogP contribution in [0.2, 0.25) is 0 Å². The summed E-state index contributed by atoms with van der Waals surface area (Å²) in [4.78, 5) is 19.5. The molecule has 1 amide bonds. The normalized spacial score (nSPS) is 11.6. The fourth-order valence-corrected chi connectivity index (χ4v) is 2.80. The van der Waals surface area contributed by atoms with E-state index < -0.39 is 0 Å². The van der Waals surface area contributed by atoms with Gasteiger partial charge in [0.25, 0.3) is 5.91 Å². The number of hydrogen-bond donors (Lipinski definition) is 0. The van der Waals surface area contributed by atoms with Gasteiger partial charge in [-0.3, -0.25) is 4.79 Å². The molecule has 0 N–H and O–H groups in total. The molecular weight excluding hydrogens is 316 g/mol. The first kappa shape index (κ1) is 17.2. The molecule has 0 bridgehead atoms. The summed E-state index contributed by atoms with van der Waals surface area (Å²) in [6, 6.07) is 5.75. The number of carbonyl (C=O) groups is 1. The maximum absolute atomic E-state index is 13.1. The minimum absolute atomic E-state index is 0.0611. The molecular formula is C19H24N4O2. The Morgan fingerprint density at radius 3 is 2.68 bits per heavy atom. The van der Waals surface area contributed by atoms with Crippen LogP contribution in [0.1, 0.15) is 61.5 Å². The van der Waals surface area contributed by atoms with Gasteiger partial charge in [-0.05, 0) is 38.0 Å². The minimum Gasteiger partial charge on any atom is -0.467 e. The van der Waals surface area contributed by atoms with E-state index in [0.717, 1.165) is 22.5 Å². The first-order valence-electron chi connectivity index (χ1n) is 8.54. The number of aromatic nitrogens is 3. The molecule has 3 aromatic heterocycles. The minimum atomic E-state index is -0.0611. The third kappa shape index (κ3) is 3.29. The predicted octanol–water partition coefficient (Wildman–Crippen LogP) is 4.00. The Hall–Kier alpha value is -2.63. The van der Waals surface area contributed by atoms with Gasteiger partial charge in [-0.2, -0.15) is 5.10 Å². The van der Waals surface area contributed by atoms with Crippen LogP contribution < -0.4 is 0 Å². The molecule has 3 rings (SSSR count). The molecule has 25 heavy (non-hydrogen) atoms. The quantitative estimate of drug-likeness (QED) is 0.704. The monoisotopic (exact) mass is 340 g/mol. The van der Waals surface area contributed by atoms with Crippen molar-refractivity contribution >= 4 is 16.9 Å². The van der Waals surface area contributed by atoms with Gasteiger partial charge in [0.1, 0.15) is 5.76 Å². The molecule has 3 heterocycles. The summed E-state index contributed by atoms with van der Waals surface area (Å²) in [6.07, 6.45) is 3.35. The fourth-order valence-electron chi connectivity index (χ4n) is 2.80. The standard InChI is InChI=1S/C19H24N4O2/c1-12(2)17-9-15(16-10-20-23(13(3)4)18(16)21-17)19(24)22(5)11-14-7-6-8-25-14/h6-10,12-13H,11H2,1-5H3. The number of amides is 1. The molecule has 3 aromatic rings. The van der Waals surface area contributed by atoms with Crippen LogP contribution in [0.3, 0.4) is 0 Å². The Kier molecular flexibility index (Phi) is 4.61. The van der Waals surface area contributed by atoms with Gasteiger partial charge < -0.3 is 9.32 Å². The Bertz CT molecular complexity index is 878. The van der Waals surface area contributed by atoms with Gasteiger partial charge in [0.05, 0.1) is 30.0 Å². The average molecular weight is 340 g/mol. The second kappa shape index (κ2) is 6.70. The van der Waals surface area contributed by atoms with Gasteiger partial charge >= 0.3 is 0 Å². The van der Waals surface area contributed by atoms with Crippen molar-refractivity contribution in [3.8, 4) is 0 Å². The fraction of sp³-hybridized carbons (Fsp3) is 0.421. The summed E-state index contributed by atoms with van der Waals surface area (Å²) in [5.74, 6) is 0.916. The lowest BCUT2D eigenvalue weighted by molar-refractivity contribution is 0.0777. The summed E-state index contributed by atoms with van der Waals surface area (Å²) >= 11 is 0. The van der Waals surface area contributed by atoms with Crippen molar-refractivity contribution < 1.29 is 9.21 Å². The maximum atomic E-state index is 13.1. The highest BCUT2D eigenvalue weighted by atomic mass is 16.3. The van der Waals surface area contributed by atoms with E-state index in [1.165, 1.54) is 0 Å². The van der Waals surface area contributed by atoms with Crippen molar-refractivity contribution in [3.63, 3.8) is 0 Å². The summed E-state index contributed by atoms with van der Waals surface area (Å²) in [5.41, 5.74) is 2.29. The van der Waals surface area contributed by atoms with E-state index in [1.54, 1.807) is 24.4 Å². The van der Waals surface area contributed by atoms with Gasteiger partial charge in [-0.1, -0.05) is 13.8 Å². The summed E-state index contributed by atoms with van der Waals surface area (Å²) < 4.78 is 7.22. The molecule has 0 unspecified atom stereocenters. The number of hydrogen-bond acceptors (Lipinski definition) is 4. The van der Waals surface area contributed by atoms with Crippen LogP contribution >= 0.6 is 0 Å². The van der Waals surface area contributed by atoms with Gasteiger partial charge in [0, 0.05) is 18.8 Å². The Labute approximate surface area is 147 Å². The van der Waals surface area contributed by atoms with Crippen molar-refractivity contribution in [2.45, 2.75) is 46.2 Å². The lowest BCUT2D eigenvalue weighted by Gasteiger charge is -2.18. The summed E-state index contributed by atoms with van der Waals surface area (Å²) in [5, 5.41) is 5.22. The largest absolute Gasteiger partial charge is 0.467 e. The predicted molar refractivity (Wildman–Crippen MR) is 96.5 cm³/mol. The number of carbonyl (C=O) groups excluding carboxylic acids is 1. The van der Waals surface area contributed by atoms with Gasteiger partial charge in [0.2, 0.25) is 0 Å². The second-order valence-electron chi connectivity index (χ2n) is 6.91. The van der Waals surface area contributed by atoms with E-state index in [0.29, 0.717) is 12.1 Å². The second-order valence-corrected chi connectivity index (χ2v) is 6.91. The van der Waals surface area contributed by atoms with E-state index in [1.807, 2.05) is 22.9 Å². The maximum Gasteiger partial charge on any atom is 0.254 e. The van der Waals surface area contributed by atoms with Crippen LogP contribution in [-0.2, 0) is 6.54 Å². The Morgan fingerprint density at radius 2 is 2.08 bits per heavy atom. The van der Waals surface area contributed by atoms with Crippen LogP contribution in [0, 0.1) is 0 Å². The topological polar surface area (TPSA) is 64.2 Å². The molecule has 0 aliphatic heterocycles. The number of pyridine rings is 1. The van der Waals surface area contributed by atoms with Gasteiger partial charge in [-0.25, -0.2) is 9.67 Å². The molecule has 0 aromatic carbocycles. The molecule has 0 aliphatic rings. The number of nitrogens with zero attached hydrogens (tertiary/aromatic N) is 4. The van der Waals surface area contributed by atoms with Crippen molar-refractivity contribution in [1.29, 1.82) is 0 Å². The lowest BCUT2D eigenvalue weighted by Crippen LogP contribution is -2.26. The molecule has 0 spiro atoms. The highest BCUT2D eigenvalue weighted by molar-refractivity contribution is 6.05. The Morgan fingerprint density at radius 1 is 1.32 bits per heavy atom. The molecule has 0 fully saturated rings. The van der Waals surface area contributed by atoms with Gasteiger partial charge in [-0.15, -0.1) is 0 Å². The molecule has 0 saturated heterocycles. The van der Waals surface area contributed by atoms with E-state index in [-0.39, 0.29) is 17.9 Å². The first-order chi connectivity index (χ1) is 11.9.